The zero-order valence-corrected chi connectivity index (χ0v) is 18.8. The first-order valence-electron chi connectivity index (χ1n) is 10.4. The van der Waals surface area contributed by atoms with Crippen LogP contribution in [0.5, 0.6) is 11.5 Å². The van der Waals surface area contributed by atoms with Gasteiger partial charge in [0.25, 0.3) is 0 Å². The third-order valence-electron chi connectivity index (χ3n) is 5.01. The van der Waals surface area contributed by atoms with Crippen molar-refractivity contribution in [1.82, 2.24) is 0 Å². The maximum atomic E-state index is 12.7. The average molecular weight is 445 g/mol. The van der Waals surface area contributed by atoms with Gasteiger partial charge < -0.3 is 14.3 Å². The molecule has 0 atom stereocenters. The van der Waals surface area contributed by atoms with Gasteiger partial charge in [0.15, 0.2) is 0 Å². The van der Waals surface area contributed by atoms with E-state index in [4.69, 9.17) is 9.15 Å². The first-order chi connectivity index (χ1) is 15.5. The van der Waals surface area contributed by atoms with Crippen LogP contribution in [0.3, 0.4) is 0 Å². The predicted molar refractivity (Wildman–Crippen MR) is 128 cm³/mol. The van der Waals surface area contributed by atoms with Crippen LogP contribution in [-0.2, 0) is 6.61 Å². The van der Waals surface area contributed by atoms with E-state index in [2.05, 4.69) is 13.8 Å². The molecule has 0 radical (unpaired) electrons. The molecule has 5 heteroatoms. The van der Waals surface area contributed by atoms with Crippen LogP contribution in [0.25, 0.3) is 11.3 Å². The molecule has 1 aromatic heterocycles. The van der Waals surface area contributed by atoms with Gasteiger partial charge in [0, 0.05) is 16.5 Å². The molecule has 3 aromatic carbocycles. The topological polar surface area (TPSA) is 59.7 Å². The summed E-state index contributed by atoms with van der Waals surface area (Å²) >= 11 is 1.23. The largest absolute Gasteiger partial charge is 0.506 e. The van der Waals surface area contributed by atoms with Crippen molar-refractivity contribution in [1.29, 1.82) is 0 Å². The molecule has 1 N–H and O–H groups in total. The minimum Gasteiger partial charge on any atom is -0.506 e. The number of benzene rings is 3. The number of ether oxygens (including phenoxy) is 1. The third-order valence-corrected chi connectivity index (χ3v) is 6.18. The highest BCUT2D eigenvalue weighted by Crippen LogP contribution is 2.38. The summed E-state index contributed by atoms with van der Waals surface area (Å²) in [4.78, 5) is 13.8. The molecule has 162 valence electrons. The molecule has 0 aliphatic heterocycles. The number of hydrogen-bond acceptors (Lipinski definition) is 5. The van der Waals surface area contributed by atoms with Gasteiger partial charge in [-0.2, -0.15) is 0 Å². The van der Waals surface area contributed by atoms with Crippen molar-refractivity contribution in [2.45, 2.75) is 36.2 Å². The molecule has 0 fully saturated rings. The lowest BCUT2D eigenvalue weighted by Gasteiger charge is -2.12. The van der Waals surface area contributed by atoms with E-state index in [0.29, 0.717) is 29.6 Å². The van der Waals surface area contributed by atoms with Crippen molar-refractivity contribution >= 4 is 11.8 Å². The molecule has 0 bridgehead atoms. The van der Waals surface area contributed by atoms with E-state index in [1.165, 1.54) is 17.8 Å². The van der Waals surface area contributed by atoms with Crippen LogP contribution in [0, 0.1) is 0 Å². The minimum atomic E-state index is -0.570. The van der Waals surface area contributed by atoms with Crippen LogP contribution < -0.4 is 10.4 Å². The Kier molecular flexibility index (Phi) is 6.66. The smallest absolute Gasteiger partial charge is 0.354 e. The van der Waals surface area contributed by atoms with Crippen LogP contribution in [0.1, 0.15) is 30.9 Å². The molecule has 32 heavy (non-hydrogen) atoms. The lowest BCUT2D eigenvalue weighted by atomic mass is 10.0. The molecule has 0 saturated carbocycles. The van der Waals surface area contributed by atoms with E-state index >= 15 is 0 Å². The van der Waals surface area contributed by atoms with Gasteiger partial charge >= 0.3 is 5.63 Å². The van der Waals surface area contributed by atoms with Gasteiger partial charge in [-0.1, -0.05) is 86.3 Å². The molecule has 1 heterocycles. The minimum absolute atomic E-state index is 0.101. The normalized spacial score (nSPS) is 11.0. The second kappa shape index (κ2) is 9.79. The highest BCUT2D eigenvalue weighted by Gasteiger charge is 2.17. The Hall–Kier alpha value is -3.44. The summed E-state index contributed by atoms with van der Waals surface area (Å²) in [5, 5.41) is 10.6. The maximum absolute atomic E-state index is 12.7. The van der Waals surface area contributed by atoms with Gasteiger partial charge in [-0.3, -0.25) is 0 Å². The molecule has 0 amide bonds. The van der Waals surface area contributed by atoms with Crippen molar-refractivity contribution < 1.29 is 14.3 Å². The highest BCUT2D eigenvalue weighted by atomic mass is 32.2. The van der Waals surface area contributed by atoms with Gasteiger partial charge in [-0.15, -0.1) is 0 Å². The van der Waals surface area contributed by atoms with Crippen molar-refractivity contribution in [3.63, 3.8) is 0 Å². The van der Waals surface area contributed by atoms with Gasteiger partial charge in [0.1, 0.15) is 28.8 Å². The monoisotopic (exact) mass is 444 g/mol. The lowest BCUT2D eigenvalue weighted by molar-refractivity contribution is 0.306. The summed E-state index contributed by atoms with van der Waals surface area (Å²) in [6.07, 6.45) is 0. The second-order valence-corrected chi connectivity index (χ2v) is 8.76. The Morgan fingerprint density at radius 3 is 2.44 bits per heavy atom. The summed E-state index contributed by atoms with van der Waals surface area (Å²) < 4.78 is 11.4. The van der Waals surface area contributed by atoms with Crippen LogP contribution in [0.2, 0.25) is 0 Å². The maximum Gasteiger partial charge on any atom is 0.354 e. The first-order valence-corrected chi connectivity index (χ1v) is 11.2. The van der Waals surface area contributed by atoms with Crippen molar-refractivity contribution in [3.05, 3.63) is 106 Å². The zero-order valence-electron chi connectivity index (χ0n) is 17.9. The van der Waals surface area contributed by atoms with Crippen molar-refractivity contribution in [2.24, 2.45) is 0 Å². The van der Waals surface area contributed by atoms with Gasteiger partial charge in [0.2, 0.25) is 0 Å². The Labute approximate surface area is 191 Å². The number of hydrogen-bond donors (Lipinski definition) is 1. The number of rotatable bonds is 7. The van der Waals surface area contributed by atoms with E-state index in [1.807, 2.05) is 72.8 Å². The van der Waals surface area contributed by atoms with Gasteiger partial charge in [-0.05, 0) is 35.2 Å². The zero-order chi connectivity index (χ0) is 22.5. The summed E-state index contributed by atoms with van der Waals surface area (Å²) in [6.45, 7) is 4.62. The Morgan fingerprint density at radius 2 is 1.69 bits per heavy atom. The lowest BCUT2D eigenvalue weighted by Crippen LogP contribution is -2.03. The van der Waals surface area contributed by atoms with Crippen LogP contribution in [0.4, 0.5) is 0 Å². The predicted octanol–water partition coefficient (Wildman–Crippen LogP) is 6.87. The van der Waals surface area contributed by atoms with E-state index in [-0.39, 0.29) is 10.6 Å². The Bertz CT molecular complexity index is 1260. The number of aromatic hydroxyl groups is 1. The summed E-state index contributed by atoms with van der Waals surface area (Å²) in [6, 6.07) is 26.5. The van der Waals surface area contributed by atoms with Crippen LogP contribution >= 0.6 is 11.8 Å². The highest BCUT2D eigenvalue weighted by molar-refractivity contribution is 7.99. The molecule has 0 unspecified atom stereocenters. The second-order valence-electron chi connectivity index (χ2n) is 7.71. The summed E-state index contributed by atoms with van der Waals surface area (Å²) in [5.41, 5.74) is 2.26. The standard InChI is InChI=1S/C27H24O4S/c1-18(2)22-13-6-7-14-25(22)32-26-23(28)16-24(31-27(26)29)20-11-8-12-21(15-20)30-17-19-9-4-3-5-10-19/h3-16,18,28H,17H2,1-2H3. The molecule has 0 spiro atoms. The summed E-state index contributed by atoms with van der Waals surface area (Å²) in [7, 11) is 0. The molecule has 4 aromatic rings. The fourth-order valence-electron chi connectivity index (χ4n) is 3.35. The van der Waals surface area contributed by atoms with Crippen LogP contribution in [-0.4, -0.2) is 5.11 Å². The molecule has 0 aliphatic rings. The van der Waals surface area contributed by atoms with E-state index < -0.39 is 5.63 Å². The molecule has 0 aliphatic carbocycles. The fourth-order valence-corrected chi connectivity index (χ4v) is 4.42. The van der Waals surface area contributed by atoms with E-state index in [0.717, 1.165) is 16.0 Å². The quantitative estimate of drug-likeness (QED) is 0.337. The first kappa shape index (κ1) is 21.8. The fraction of sp³-hybridized carbons (Fsp3) is 0.148. The van der Waals surface area contributed by atoms with Crippen LogP contribution in [0.15, 0.2) is 104 Å². The van der Waals surface area contributed by atoms with Crippen molar-refractivity contribution in [3.8, 4) is 22.8 Å². The summed E-state index contributed by atoms with van der Waals surface area (Å²) in [5.74, 6) is 1.14. The average Bonchev–Trinajstić information content (AvgIpc) is 2.81. The SMILES string of the molecule is CC(C)c1ccccc1Sc1c(O)cc(-c2cccc(OCc3ccccc3)c2)oc1=O. The third kappa shape index (κ3) is 5.06. The Morgan fingerprint density at radius 1 is 0.938 bits per heavy atom. The van der Waals surface area contributed by atoms with E-state index in [9.17, 15) is 9.90 Å². The van der Waals surface area contributed by atoms with Gasteiger partial charge in [0.05, 0.1) is 0 Å². The molecule has 4 nitrogen and oxygen atoms in total. The van der Waals surface area contributed by atoms with Gasteiger partial charge in [-0.25, -0.2) is 4.79 Å². The molecular formula is C27H24O4S. The van der Waals surface area contributed by atoms with Crippen molar-refractivity contribution in [2.75, 3.05) is 0 Å². The van der Waals surface area contributed by atoms with E-state index in [1.54, 1.807) is 6.07 Å². The molecular weight excluding hydrogens is 420 g/mol. The Balaban J connectivity index is 1.58. The molecule has 0 saturated heterocycles. The molecule has 4 rings (SSSR count).